The Labute approximate surface area is 238 Å². The van der Waals surface area contributed by atoms with Crippen molar-refractivity contribution in [1.82, 2.24) is 9.80 Å². The molecule has 4 N–H and O–H groups in total. The highest BCUT2D eigenvalue weighted by atomic mass is 19.1. The van der Waals surface area contributed by atoms with Crippen molar-refractivity contribution in [2.45, 2.75) is 26.0 Å². The lowest BCUT2D eigenvalue weighted by Crippen LogP contribution is -2.50. The van der Waals surface area contributed by atoms with Gasteiger partial charge in [0.1, 0.15) is 17.7 Å². The number of nitrogens with zero attached hydrogens (tertiary/aromatic N) is 2. The van der Waals surface area contributed by atoms with E-state index >= 15 is 0 Å². The zero-order chi connectivity index (χ0) is 29.5. The van der Waals surface area contributed by atoms with E-state index in [1.54, 1.807) is 43.1 Å². The van der Waals surface area contributed by atoms with Gasteiger partial charge in [-0.2, -0.15) is 0 Å². The summed E-state index contributed by atoms with van der Waals surface area (Å²) in [7, 11) is 1.67. The van der Waals surface area contributed by atoms with Crippen LogP contribution in [0.15, 0.2) is 72.8 Å². The van der Waals surface area contributed by atoms with E-state index in [4.69, 9.17) is 4.74 Å². The number of fused-ring (bicyclic) bond motifs is 1. The van der Waals surface area contributed by atoms with Gasteiger partial charge in [0.2, 0.25) is 0 Å². The van der Waals surface area contributed by atoms with Crippen LogP contribution in [0.4, 0.5) is 31.0 Å². The molecule has 3 atom stereocenters. The molecule has 11 heteroatoms. The number of halogens is 1. The minimum Gasteiger partial charge on any atom is -0.487 e. The van der Waals surface area contributed by atoms with Crippen molar-refractivity contribution in [2.24, 2.45) is 5.92 Å². The Morgan fingerprint density at radius 1 is 1.02 bits per heavy atom. The van der Waals surface area contributed by atoms with Gasteiger partial charge in [-0.1, -0.05) is 25.1 Å². The fraction of sp³-hybridized carbons (Fsp3) is 0.300. The molecule has 10 nitrogen and oxygen atoms in total. The lowest BCUT2D eigenvalue weighted by Gasteiger charge is -2.38. The zero-order valence-electron chi connectivity index (χ0n) is 23.1. The average molecular weight is 564 g/mol. The van der Waals surface area contributed by atoms with Gasteiger partial charge in [-0.25, -0.2) is 14.0 Å². The molecule has 41 heavy (non-hydrogen) atoms. The molecule has 0 fully saturated rings. The monoisotopic (exact) mass is 563 g/mol. The number of para-hydroxylation sites is 1. The van der Waals surface area contributed by atoms with E-state index in [0.717, 1.165) is 0 Å². The molecule has 0 radical (unpaired) electrons. The van der Waals surface area contributed by atoms with Crippen LogP contribution in [0.2, 0.25) is 0 Å². The molecule has 3 aromatic carbocycles. The quantitative estimate of drug-likeness (QED) is 0.327. The second kappa shape index (κ2) is 13.1. The first-order valence-corrected chi connectivity index (χ1v) is 13.3. The van der Waals surface area contributed by atoms with Gasteiger partial charge in [-0.15, -0.1) is 0 Å². The molecule has 0 aromatic heterocycles. The zero-order valence-corrected chi connectivity index (χ0v) is 23.1. The Morgan fingerprint density at radius 3 is 2.34 bits per heavy atom. The molecule has 0 bridgehead atoms. The second-order valence-corrected chi connectivity index (χ2v) is 10.1. The minimum absolute atomic E-state index is 0.188. The van der Waals surface area contributed by atoms with E-state index in [2.05, 4.69) is 16.0 Å². The molecule has 1 heterocycles. The van der Waals surface area contributed by atoms with Gasteiger partial charge in [0.25, 0.3) is 5.91 Å². The number of hydrogen-bond donors (Lipinski definition) is 4. The van der Waals surface area contributed by atoms with Gasteiger partial charge >= 0.3 is 12.1 Å². The first-order valence-electron chi connectivity index (χ1n) is 13.3. The van der Waals surface area contributed by atoms with Crippen molar-refractivity contribution in [2.75, 3.05) is 42.7 Å². The van der Waals surface area contributed by atoms with Gasteiger partial charge in [0.15, 0.2) is 0 Å². The van der Waals surface area contributed by atoms with Crippen LogP contribution >= 0.6 is 0 Å². The van der Waals surface area contributed by atoms with E-state index in [9.17, 15) is 23.9 Å². The van der Waals surface area contributed by atoms with Crippen molar-refractivity contribution in [1.29, 1.82) is 0 Å². The second-order valence-electron chi connectivity index (χ2n) is 10.1. The minimum atomic E-state index is -0.575. The third-order valence-electron chi connectivity index (χ3n) is 6.85. The molecule has 216 valence electrons. The van der Waals surface area contributed by atoms with E-state index in [1.807, 2.05) is 25.1 Å². The maximum Gasteiger partial charge on any atom is 0.323 e. The molecule has 0 saturated heterocycles. The summed E-state index contributed by atoms with van der Waals surface area (Å²) < 4.78 is 19.5. The van der Waals surface area contributed by atoms with Crippen LogP contribution < -0.4 is 20.7 Å². The van der Waals surface area contributed by atoms with Crippen LogP contribution in [0.5, 0.6) is 5.75 Å². The largest absolute Gasteiger partial charge is 0.487 e. The Bertz CT molecular complexity index is 1370. The maximum absolute atomic E-state index is 13.6. The molecule has 1 aliphatic rings. The molecule has 4 rings (SSSR count). The van der Waals surface area contributed by atoms with Gasteiger partial charge in [-0.3, -0.25) is 4.79 Å². The number of likely N-dealkylation sites (N-methyl/N-ethyl adjacent to an activating group) is 1. The average Bonchev–Trinajstić information content (AvgIpc) is 2.96. The lowest BCUT2D eigenvalue weighted by molar-refractivity contribution is 0.0371. The fourth-order valence-electron chi connectivity index (χ4n) is 4.44. The number of nitrogens with one attached hydrogen (secondary N) is 3. The molecule has 0 unspecified atom stereocenters. The van der Waals surface area contributed by atoms with Gasteiger partial charge in [-0.05, 0) is 61.5 Å². The number of anilines is 3. The number of hydrogen-bond acceptors (Lipinski definition) is 5. The van der Waals surface area contributed by atoms with Crippen LogP contribution in [0.1, 0.15) is 24.2 Å². The van der Waals surface area contributed by atoms with Crippen LogP contribution in [-0.4, -0.2) is 71.8 Å². The third-order valence-corrected chi connectivity index (χ3v) is 6.85. The molecule has 0 saturated carbocycles. The van der Waals surface area contributed by atoms with E-state index in [-0.39, 0.29) is 43.1 Å². The first kappa shape index (κ1) is 29.3. The topological polar surface area (TPSA) is 123 Å². The Kier molecular flexibility index (Phi) is 9.41. The Morgan fingerprint density at radius 2 is 1.66 bits per heavy atom. The Balaban J connectivity index is 1.55. The van der Waals surface area contributed by atoms with Crippen LogP contribution in [0.3, 0.4) is 0 Å². The maximum atomic E-state index is 13.6. The van der Waals surface area contributed by atoms with E-state index < -0.39 is 24.0 Å². The molecule has 0 spiro atoms. The normalized spacial score (nSPS) is 17.3. The summed E-state index contributed by atoms with van der Waals surface area (Å²) in [4.78, 5) is 42.1. The SMILES string of the molecule is C[C@H]1CN([C@@H](C)CO)C(=O)c2cc(NC(=O)Nc3ccc(F)cc3)ccc2O[C@@H]1CN(C)C(=O)Nc1ccccc1. The predicted molar refractivity (Wildman–Crippen MR) is 155 cm³/mol. The van der Waals surface area contributed by atoms with Gasteiger partial charge < -0.3 is 35.6 Å². The van der Waals surface area contributed by atoms with Crippen molar-refractivity contribution < 1.29 is 28.6 Å². The van der Waals surface area contributed by atoms with Gasteiger partial charge in [0, 0.05) is 36.6 Å². The number of carbonyl (C=O) groups is 3. The molecule has 1 aliphatic heterocycles. The Hall–Kier alpha value is -4.64. The van der Waals surface area contributed by atoms with Crippen molar-refractivity contribution in [3.05, 3.63) is 84.2 Å². The highest BCUT2D eigenvalue weighted by Gasteiger charge is 2.34. The van der Waals surface area contributed by atoms with Gasteiger partial charge in [0.05, 0.1) is 24.8 Å². The van der Waals surface area contributed by atoms with Crippen LogP contribution in [0.25, 0.3) is 0 Å². The van der Waals surface area contributed by atoms with Crippen LogP contribution in [-0.2, 0) is 0 Å². The number of ether oxygens (including phenoxy) is 1. The number of urea groups is 2. The van der Waals surface area contributed by atoms with E-state index in [0.29, 0.717) is 22.8 Å². The van der Waals surface area contributed by atoms with Crippen LogP contribution in [0, 0.1) is 11.7 Å². The highest BCUT2D eigenvalue weighted by Crippen LogP contribution is 2.31. The van der Waals surface area contributed by atoms with Crippen molar-refractivity contribution in [3.63, 3.8) is 0 Å². The van der Waals surface area contributed by atoms with Crippen molar-refractivity contribution in [3.8, 4) is 5.75 Å². The summed E-state index contributed by atoms with van der Waals surface area (Å²) in [6, 6.07) is 17.8. The van der Waals surface area contributed by atoms with Crippen molar-refractivity contribution >= 4 is 35.0 Å². The smallest absolute Gasteiger partial charge is 0.323 e. The number of rotatable bonds is 7. The fourth-order valence-corrected chi connectivity index (χ4v) is 4.44. The number of aliphatic hydroxyl groups excluding tert-OH is 1. The first-order chi connectivity index (χ1) is 19.6. The summed E-state index contributed by atoms with van der Waals surface area (Å²) >= 11 is 0. The molecule has 5 amide bonds. The summed E-state index contributed by atoms with van der Waals surface area (Å²) in [6.45, 7) is 3.95. The predicted octanol–water partition coefficient (Wildman–Crippen LogP) is 4.85. The standard InChI is InChI=1S/C30H34FN5O5/c1-19-16-36(20(2)18-37)28(38)25-15-24(33-29(39)32-23-11-9-21(31)10-12-23)13-14-26(25)41-27(19)17-35(3)30(40)34-22-7-5-4-6-8-22/h4-15,19-20,27,37H,16-18H2,1-3H3,(H,34,40)(H2,32,33,39)/t19-,20-,27+/m0/s1. The molecular formula is C30H34FN5O5. The summed E-state index contributed by atoms with van der Waals surface area (Å²) in [6.07, 6.45) is -0.484. The molecule has 3 aromatic rings. The third kappa shape index (κ3) is 7.52. The lowest BCUT2D eigenvalue weighted by atomic mass is 9.99. The summed E-state index contributed by atoms with van der Waals surface area (Å²) in [5, 5.41) is 18.0. The number of benzene rings is 3. The molecule has 0 aliphatic carbocycles. The summed E-state index contributed by atoms with van der Waals surface area (Å²) in [5.41, 5.74) is 1.60. The van der Waals surface area contributed by atoms with E-state index in [1.165, 1.54) is 35.2 Å². The molecular weight excluding hydrogens is 529 g/mol. The number of carbonyl (C=O) groups excluding carboxylic acids is 3. The highest BCUT2D eigenvalue weighted by molar-refractivity contribution is 6.02. The summed E-state index contributed by atoms with van der Waals surface area (Å²) in [5.74, 6) is -0.673. The number of aliphatic hydroxyl groups is 1. The number of amides is 5.